The van der Waals surface area contributed by atoms with Crippen molar-refractivity contribution in [3.63, 3.8) is 0 Å². The SMILES string of the molecule is COc1cc(CN[C@@H](C)CCc2ccccc2)ccc1OCc1ccccc1C. The van der Waals surface area contributed by atoms with Crippen molar-refractivity contribution >= 4 is 0 Å². The second-order valence-electron chi connectivity index (χ2n) is 7.51. The Labute approximate surface area is 174 Å². The van der Waals surface area contributed by atoms with Gasteiger partial charge in [0.25, 0.3) is 0 Å². The lowest BCUT2D eigenvalue weighted by Gasteiger charge is -2.16. The Hall–Kier alpha value is -2.78. The Bertz CT molecular complexity index is 892. The van der Waals surface area contributed by atoms with E-state index >= 15 is 0 Å². The van der Waals surface area contributed by atoms with E-state index in [-0.39, 0.29) is 0 Å². The number of methoxy groups -OCH3 is 1. The molecule has 0 aromatic heterocycles. The van der Waals surface area contributed by atoms with Crippen LogP contribution in [0.1, 0.15) is 35.6 Å². The fraction of sp³-hybridized carbons (Fsp3) is 0.308. The van der Waals surface area contributed by atoms with Gasteiger partial charge in [0.05, 0.1) is 7.11 Å². The molecule has 0 amide bonds. The average molecular weight is 390 g/mol. The van der Waals surface area contributed by atoms with E-state index in [0.29, 0.717) is 12.6 Å². The number of nitrogens with one attached hydrogen (secondary N) is 1. The van der Waals surface area contributed by atoms with Crippen LogP contribution >= 0.6 is 0 Å². The summed E-state index contributed by atoms with van der Waals surface area (Å²) in [5, 5.41) is 3.61. The van der Waals surface area contributed by atoms with Gasteiger partial charge in [0.1, 0.15) is 6.61 Å². The minimum absolute atomic E-state index is 0.443. The van der Waals surface area contributed by atoms with Gasteiger partial charge in [0.2, 0.25) is 0 Å². The van der Waals surface area contributed by atoms with Gasteiger partial charge in [-0.05, 0) is 61.1 Å². The summed E-state index contributed by atoms with van der Waals surface area (Å²) in [5.41, 5.74) is 5.00. The van der Waals surface area contributed by atoms with E-state index < -0.39 is 0 Å². The summed E-state index contributed by atoms with van der Waals surface area (Å²) in [4.78, 5) is 0. The van der Waals surface area contributed by atoms with Gasteiger partial charge in [-0.2, -0.15) is 0 Å². The summed E-state index contributed by atoms with van der Waals surface area (Å²) in [6.07, 6.45) is 2.20. The van der Waals surface area contributed by atoms with Crippen molar-refractivity contribution < 1.29 is 9.47 Å². The molecule has 152 valence electrons. The molecule has 1 N–H and O–H groups in total. The van der Waals surface area contributed by atoms with Gasteiger partial charge < -0.3 is 14.8 Å². The zero-order valence-corrected chi connectivity index (χ0v) is 17.7. The molecule has 0 fully saturated rings. The molecule has 0 radical (unpaired) electrons. The van der Waals surface area contributed by atoms with Crippen LogP contribution in [0.3, 0.4) is 0 Å². The van der Waals surface area contributed by atoms with Crippen LogP contribution < -0.4 is 14.8 Å². The smallest absolute Gasteiger partial charge is 0.161 e. The molecule has 3 heteroatoms. The molecule has 0 bridgehead atoms. The van der Waals surface area contributed by atoms with Crippen LogP contribution in [0.25, 0.3) is 0 Å². The van der Waals surface area contributed by atoms with Gasteiger partial charge in [0.15, 0.2) is 11.5 Å². The van der Waals surface area contributed by atoms with Gasteiger partial charge in [-0.25, -0.2) is 0 Å². The number of aryl methyl sites for hydroxylation is 2. The number of hydrogen-bond acceptors (Lipinski definition) is 3. The summed E-state index contributed by atoms with van der Waals surface area (Å²) in [6.45, 7) is 5.69. The lowest BCUT2D eigenvalue weighted by molar-refractivity contribution is 0.283. The molecule has 29 heavy (non-hydrogen) atoms. The predicted molar refractivity (Wildman–Crippen MR) is 120 cm³/mol. The fourth-order valence-corrected chi connectivity index (χ4v) is 3.29. The van der Waals surface area contributed by atoms with Gasteiger partial charge in [0, 0.05) is 12.6 Å². The summed E-state index contributed by atoms with van der Waals surface area (Å²) in [6, 6.07) is 25.5. The van der Waals surface area contributed by atoms with Crippen LogP contribution in [0.4, 0.5) is 0 Å². The minimum atomic E-state index is 0.443. The summed E-state index contributed by atoms with van der Waals surface area (Å²) in [5.74, 6) is 1.55. The topological polar surface area (TPSA) is 30.5 Å². The Morgan fingerprint density at radius 3 is 2.38 bits per heavy atom. The van der Waals surface area contributed by atoms with E-state index in [0.717, 1.165) is 30.9 Å². The van der Waals surface area contributed by atoms with E-state index in [1.807, 2.05) is 18.2 Å². The van der Waals surface area contributed by atoms with Crippen molar-refractivity contribution in [2.75, 3.05) is 7.11 Å². The summed E-state index contributed by atoms with van der Waals surface area (Å²) in [7, 11) is 1.69. The third kappa shape index (κ3) is 6.37. The van der Waals surface area contributed by atoms with Crippen LogP contribution in [-0.4, -0.2) is 13.2 Å². The molecule has 0 spiro atoms. The maximum absolute atomic E-state index is 6.02. The van der Waals surface area contributed by atoms with Crippen LogP contribution in [0.5, 0.6) is 11.5 Å². The van der Waals surface area contributed by atoms with E-state index in [1.165, 1.54) is 22.3 Å². The predicted octanol–water partition coefficient (Wildman–Crippen LogP) is 5.69. The highest BCUT2D eigenvalue weighted by Crippen LogP contribution is 2.29. The average Bonchev–Trinajstić information content (AvgIpc) is 2.76. The normalized spacial score (nSPS) is 11.8. The first kappa shape index (κ1) is 20.9. The third-order valence-corrected chi connectivity index (χ3v) is 5.24. The first-order chi connectivity index (χ1) is 14.2. The van der Waals surface area contributed by atoms with Crippen molar-refractivity contribution in [3.05, 3.63) is 95.1 Å². The van der Waals surface area contributed by atoms with Crippen LogP contribution in [0.15, 0.2) is 72.8 Å². The van der Waals surface area contributed by atoms with Crippen molar-refractivity contribution in [1.29, 1.82) is 0 Å². The van der Waals surface area contributed by atoms with Gasteiger partial charge >= 0.3 is 0 Å². The third-order valence-electron chi connectivity index (χ3n) is 5.24. The second-order valence-corrected chi connectivity index (χ2v) is 7.51. The van der Waals surface area contributed by atoms with E-state index in [1.54, 1.807) is 7.11 Å². The van der Waals surface area contributed by atoms with Crippen LogP contribution in [0.2, 0.25) is 0 Å². The largest absolute Gasteiger partial charge is 0.493 e. The quantitative estimate of drug-likeness (QED) is 0.483. The second kappa shape index (κ2) is 10.7. The fourth-order valence-electron chi connectivity index (χ4n) is 3.29. The van der Waals surface area contributed by atoms with Gasteiger partial charge in [-0.15, -0.1) is 0 Å². The van der Waals surface area contributed by atoms with E-state index in [9.17, 15) is 0 Å². The molecule has 1 atom stereocenters. The van der Waals surface area contributed by atoms with Gasteiger partial charge in [-0.1, -0.05) is 60.7 Å². The number of ether oxygens (including phenoxy) is 2. The molecule has 3 aromatic rings. The Balaban J connectivity index is 1.52. The first-order valence-electron chi connectivity index (χ1n) is 10.3. The van der Waals surface area contributed by atoms with Crippen LogP contribution in [0, 0.1) is 6.92 Å². The molecule has 0 heterocycles. The number of benzene rings is 3. The van der Waals surface area contributed by atoms with E-state index in [2.05, 4.69) is 73.8 Å². The molecule has 3 nitrogen and oxygen atoms in total. The van der Waals surface area contributed by atoms with E-state index in [4.69, 9.17) is 9.47 Å². The zero-order chi connectivity index (χ0) is 20.5. The van der Waals surface area contributed by atoms with Crippen molar-refractivity contribution in [2.24, 2.45) is 0 Å². The maximum atomic E-state index is 6.02. The summed E-state index contributed by atoms with van der Waals surface area (Å²) < 4.78 is 11.6. The molecule has 0 aliphatic heterocycles. The molecule has 0 saturated carbocycles. The number of hydrogen-bond donors (Lipinski definition) is 1. The first-order valence-corrected chi connectivity index (χ1v) is 10.3. The zero-order valence-electron chi connectivity index (χ0n) is 17.7. The highest BCUT2D eigenvalue weighted by atomic mass is 16.5. The molecule has 3 rings (SSSR count). The highest BCUT2D eigenvalue weighted by molar-refractivity contribution is 5.43. The maximum Gasteiger partial charge on any atom is 0.161 e. The Morgan fingerprint density at radius 2 is 1.62 bits per heavy atom. The molecular formula is C26H31NO2. The van der Waals surface area contributed by atoms with Crippen molar-refractivity contribution in [2.45, 2.75) is 45.9 Å². The standard InChI is InChI=1S/C26H31NO2/c1-20-9-7-8-12-24(20)19-29-25-16-15-23(17-26(25)28-3)18-27-21(2)13-14-22-10-5-4-6-11-22/h4-12,15-17,21,27H,13-14,18-19H2,1-3H3/t21-/m0/s1. The monoisotopic (exact) mass is 389 g/mol. The van der Waals surface area contributed by atoms with Crippen molar-refractivity contribution in [3.8, 4) is 11.5 Å². The molecule has 0 aliphatic carbocycles. The number of rotatable bonds is 10. The summed E-state index contributed by atoms with van der Waals surface area (Å²) >= 11 is 0. The lowest BCUT2D eigenvalue weighted by atomic mass is 10.1. The molecular weight excluding hydrogens is 358 g/mol. The van der Waals surface area contributed by atoms with Gasteiger partial charge in [-0.3, -0.25) is 0 Å². The molecule has 0 unspecified atom stereocenters. The minimum Gasteiger partial charge on any atom is -0.493 e. The molecule has 0 aliphatic rings. The van der Waals surface area contributed by atoms with Crippen LogP contribution in [-0.2, 0) is 19.6 Å². The molecule has 0 saturated heterocycles. The highest BCUT2D eigenvalue weighted by Gasteiger charge is 2.08. The van der Waals surface area contributed by atoms with Crippen molar-refractivity contribution in [1.82, 2.24) is 5.32 Å². The Kier molecular flexibility index (Phi) is 7.71. The Morgan fingerprint density at radius 1 is 0.862 bits per heavy atom. The lowest BCUT2D eigenvalue weighted by Crippen LogP contribution is -2.26. The molecule has 3 aromatic carbocycles.